The molecule has 0 saturated heterocycles. The largest absolute Gasteiger partial charge is 0.496 e. The highest BCUT2D eigenvalue weighted by Gasteiger charge is 2.38. The normalized spacial score (nSPS) is 12.7. The molecule has 2 amide bonds. The summed E-state index contributed by atoms with van der Waals surface area (Å²) in [5, 5.41) is 0.484. The lowest BCUT2D eigenvalue weighted by molar-refractivity contribution is -0.0584. The number of carbonyl (C=O) groups excluding carboxylic acids is 3. The third-order valence-corrected chi connectivity index (χ3v) is 4.31. The Morgan fingerprint density at radius 1 is 0.893 bits per heavy atom. The predicted molar refractivity (Wildman–Crippen MR) is 98.6 cm³/mol. The van der Waals surface area contributed by atoms with Crippen LogP contribution in [-0.2, 0) is 4.84 Å². The minimum Gasteiger partial charge on any atom is -0.496 e. The van der Waals surface area contributed by atoms with Crippen LogP contribution in [0.25, 0.3) is 11.3 Å². The van der Waals surface area contributed by atoms with Crippen molar-refractivity contribution in [2.24, 2.45) is 0 Å². The second-order valence-corrected chi connectivity index (χ2v) is 5.96. The molecule has 1 aliphatic rings. The fourth-order valence-electron chi connectivity index (χ4n) is 2.94. The Morgan fingerprint density at radius 2 is 1.57 bits per heavy atom. The molecule has 0 radical (unpaired) electrons. The van der Waals surface area contributed by atoms with Gasteiger partial charge >= 0.3 is 5.97 Å². The zero-order valence-corrected chi connectivity index (χ0v) is 14.8. The number of benzene rings is 2. The maximum absolute atomic E-state index is 12.6. The van der Waals surface area contributed by atoms with Crippen molar-refractivity contribution in [3.63, 3.8) is 0 Å². The smallest absolute Gasteiger partial charge is 0.363 e. The van der Waals surface area contributed by atoms with E-state index in [2.05, 4.69) is 4.98 Å². The summed E-state index contributed by atoms with van der Waals surface area (Å²) in [4.78, 5) is 46.7. The number of ether oxygens (including phenoxy) is 1. The summed E-state index contributed by atoms with van der Waals surface area (Å²) in [6, 6.07) is 16.3. The standard InChI is InChI=1S/C21H14N2O5/c1-27-18-10-9-13(12-16(18)17-8-4-5-11-22-17)21(26)28-23-19(24)14-6-2-3-7-15(14)20(23)25/h2-12H,1H3. The number of nitrogens with zero attached hydrogens (tertiary/aromatic N) is 2. The molecule has 7 heteroatoms. The summed E-state index contributed by atoms with van der Waals surface area (Å²) < 4.78 is 5.33. The molecule has 138 valence electrons. The highest BCUT2D eigenvalue weighted by Crippen LogP contribution is 2.30. The first-order chi connectivity index (χ1) is 13.6. The van der Waals surface area contributed by atoms with Crippen molar-refractivity contribution < 1.29 is 24.0 Å². The molecule has 3 aromatic rings. The number of imide groups is 1. The van der Waals surface area contributed by atoms with Crippen molar-refractivity contribution in [3.8, 4) is 17.0 Å². The first kappa shape index (κ1) is 17.4. The molecule has 28 heavy (non-hydrogen) atoms. The molecule has 1 aliphatic heterocycles. The van der Waals surface area contributed by atoms with E-state index in [4.69, 9.17) is 9.57 Å². The molecule has 2 aromatic carbocycles. The van der Waals surface area contributed by atoms with Crippen molar-refractivity contribution in [3.05, 3.63) is 83.6 Å². The molecule has 0 bridgehead atoms. The number of aromatic nitrogens is 1. The Balaban J connectivity index is 1.63. The Hall–Kier alpha value is -4.00. The summed E-state index contributed by atoms with van der Waals surface area (Å²) in [5.74, 6) is -1.66. The molecule has 0 saturated carbocycles. The fraction of sp³-hybridized carbons (Fsp3) is 0.0476. The van der Waals surface area contributed by atoms with Crippen molar-refractivity contribution in [1.82, 2.24) is 10.0 Å². The van der Waals surface area contributed by atoms with Crippen LogP contribution in [0.5, 0.6) is 5.75 Å². The molecule has 0 unspecified atom stereocenters. The van der Waals surface area contributed by atoms with Crippen LogP contribution < -0.4 is 4.74 Å². The summed E-state index contributed by atoms with van der Waals surface area (Å²) in [7, 11) is 1.51. The zero-order valence-electron chi connectivity index (χ0n) is 14.8. The van der Waals surface area contributed by atoms with Gasteiger partial charge in [0.2, 0.25) is 0 Å². The third kappa shape index (κ3) is 2.88. The van der Waals surface area contributed by atoms with Crippen molar-refractivity contribution in [2.75, 3.05) is 7.11 Å². The maximum atomic E-state index is 12.6. The number of carbonyl (C=O) groups is 3. The molecule has 2 heterocycles. The van der Waals surface area contributed by atoms with E-state index < -0.39 is 17.8 Å². The average Bonchev–Trinajstić information content (AvgIpc) is 2.99. The Labute approximate surface area is 160 Å². The summed E-state index contributed by atoms with van der Waals surface area (Å²) in [6.07, 6.45) is 1.62. The van der Waals surface area contributed by atoms with Gasteiger partial charge in [-0.2, -0.15) is 0 Å². The van der Waals surface area contributed by atoms with Crippen molar-refractivity contribution in [1.29, 1.82) is 0 Å². The van der Waals surface area contributed by atoms with Gasteiger partial charge < -0.3 is 9.57 Å². The van der Waals surface area contributed by atoms with Crippen LogP contribution in [0.4, 0.5) is 0 Å². The topological polar surface area (TPSA) is 85.8 Å². The van der Waals surface area contributed by atoms with Crippen LogP contribution >= 0.6 is 0 Å². The van der Waals surface area contributed by atoms with Gasteiger partial charge in [0.1, 0.15) is 5.75 Å². The van der Waals surface area contributed by atoms with Gasteiger partial charge in [-0.3, -0.25) is 14.6 Å². The number of fused-ring (bicyclic) bond motifs is 1. The van der Waals surface area contributed by atoms with Gasteiger partial charge in [-0.15, -0.1) is 0 Å². The first-order valence-electron chi connectivity index (χ1n) is 8.39. The molecule has 0 atom stereocenters. The molecular formula is C21H14N2O5. The summed E-state index contributed by atoms with van der Waals surface area (Å²) >= 11 is 0. The van der Waals surface area contributed by atoms with E-state index in [9.17, 15) is 14.4 Å². The highest BCUT2D eigenvalue weighted by molar-refractivity contribution is 6.21. The number of hydroxylamine groups is 2. The molecule has 7 nitrogen and oxygen atoms in total. The second kappa shape index (κ2) is 6.96. The van der Waals surface area contributed by atoms with Gasteiger partial charge in [0.15, 0.2) is 0 Å². The van der Waals surface area contributed by atoms with Crippen LogP contribution in [0.15, 0.2) is 66.9 Å². The predicted octanol–water partition coefficient (Wildman–Crippen LogP) is 3.13. The SMILES string of the molecule is COc1ccc(C(=O)ON2C(=O)c3ccccc3C2=O)cc1-c1ccccn1. The number of amides is 2. The molecule has 0 N–H and O–H groups in total. The van der Waals surface area contributed by atoms with E-state index in [0.717, 1.165) is 0 Å². The van der Waals surface area contributed by atoms with Gasteiger partial charge in [0, 0.05) is 11.8 Å². The van der Waals surface area contributed by atoms with E-state index in [0.29, 0.717) is 22.1 Å². The van der Waals surface area contributed by atoms with Crippen LogP contribution in [-0.4, -0.2) is 34.9 Å². The third-order valence-electron chi connectivity index (χ3n) is 4.31. The van der Waals surface area contributed by atoms with E-state index in [-0.39, 0.29) is 16.7 Å². The summed E-state index contributed by atoms with van der Waals surface area (Å²) in [5.41, 5.74) is 1.74. The van der Waals surface area contributed by atoms with Crippen LogP contribution in [0.1, 0.15) is 31.1 Å². The monoisotopic (exact) mass is 374 g/mol. The highest BCUT2D eigenvalue weighted by atomic mass is 16.7. The van der Waals surface area contributed by atoms with Crippen LogP contribution in [0.3, 0.4) is 0 Å². The number of methoxy groups -OCH3 is 1. The summed E-state index contributed by atoms with van der Waals surface area (Å²) in [6.45, 7) is 0. The molecule has 0 fully saturated rings. The van der Waals surface area contributed by atoms with E-state index in [1.807, 2.05) is 6.07 Å². The molecule has 1 aromatic heterocycles. The molecule has 0 spiro atoms. The molecule has 4 rings (SSSR count). The fourth-order valence-corrected chi connectivity index (χ4v) is 2.94. The van der Waals surface area contributed by atoms with Gasteiger partial charge in [-0.25, -0.2) is 4.79 Å². The Kier molecular flexibility index (Phi) is 4.33. The lowest BCUT2D eigenvalue weighted by Gasteiger charge is -2.14. The maximum Gasteiger partial charge on any atom is 0.363 e. The van der Waals surface area contributed by atoms with Crippen molar-refractivity contribution >= 4 is 17.8 Å². The Bertz CT molecular complexity index is 1060. The first-order valence-corrected chi connectivity index (χ1v) is 8.39. The van der Waals surface area contributed by atoms with Gasteiger partial charge in [0.05, 0.1) is 29.5 Å². The Morgan fingerprint density at radius 3 is 2.18 bits per heavy atom. The quantitative estimate of drug-likeness (QED) is 0.652. The average molecular weight is 374 g/mol. The number of pyridine rings is 1. The number of hydrogen-bond donors (Lipinski definition) is 0. The molecule has 0 aliphatic carbocycles. The minimum absolute atomic E-state index is 0.151. The van der Waals surface area contributed by atoms with Gasteiger partial charge in [0.25, 0.3) is 11.8 Å². The van der Waals surface area contributed by atoms with Crippen LogP contribution in [0, 0.1) is 0 Å². The number of rotatable bonds is 4. The van der Waals surface area contributed by atoms with Gasteiger partial charge in [-0.1, -0.05) is 23.3 Å². The molecular weight excluding hydrogens is 360 g/mol. The number of hydrogen-bond acceptors (Lipinski definition) is 6. The minimum atomic E-state index is -0.839. The van der Waals surface area contributed by atoms with E-state index in [1.54, 1.807) is 42.6 Å². The van der Waals surface area contributed by atoms with Crippen molar-refractivity contribution in [2.45, 2.75) is 0 Å². The lowest BCUT2D eigenvalue weighted by Crippen LogP contribution is -2.32. The van der Waals surface area contributed by atoms with Crippen LogP contribution in [0.2, 0.25) is 0 Å². The zero-order chi connectivity index (χ0) is 19.7. The van der Waals surface area contributed by atoms with E-state index >= 15 is 0 Å². The van der Waals surface area contributed by atoms with Gasteiger partial charge in [-0.05, 0) is 42.5 Å². The van der Waals surface area contributed by atoms with E-state index in [1.165, 1.54) is 25.3 Å². The second-order valence-electron chi connectivity index (χ2n) is 5.96. The lowest BCUT2D eigenvalue weighted by atomic mass is 10.1.